The number of benzene rings is 1. The highest BCUT2D eigenvalue weighted by Crippen LogP contribution is 2.29. The first-order chi connectivity index (χ1) is 9.51. The molecule has 0 spiro atoms. The van der Waals surface area contributed by atoms with E-state index in [4.69, 9.17) is 0 Å². The highest BCUT2D eigenvalue weighted by atomic mass is 19.1. The van der Waals surface area contributed by atoms with E-state index >= 15 is 0 Å². The maximum absolute atomic E-state index is 14.0. The Hall–Kier alpha value is -2.24. The molecule has 3 amide bonds. The SMILES string of the molecule is CCC(C(=O)NC=O)N1Cc2c(ccc(C)c2F)C1=O. The number of hydrogen-bond acceptors (Lipinski definition) is 3. The lowest BCUT2D eigenvalue weighted by Crippen LogP contribution is -2.46. The predicted molar refractivity (Wildman–Crippen MR) is 69.3 cm³/mol. The third kappa shape index (κ3) is 2.17. The standard InChI is InChI=1S/C14H15FN2O3/c1-3-11(13(19)16-7-18)17-6-10-9(14(17)20)5-4-8(2)12(10)15/h4-5,7,11H,3,6H2,1-2H3,(H,16,18,19). The number of halogens is 1. The van der Waals surface area contributed by atoms with E-state index in [0.717, 1.165) is 0 Å². The van der Waals surface area contributed by atoms with Gasteiger partial charge in [0.2, 0.25) is 12.3 Å². The minimum Gasteiger partial charge on any atom is -0.322 e. The molecule has 1 aromatic rings. The minimum absolute atomic E-state index is 0.0481. The van der Waals surface area contributed by atoms with Crippen molar-refractivity contribution >= 4 is 18.2 Å². The fourth-order valence-electron chi connectivity index (χ4n) is 2.44. The van der Waals surface area contributed by atoms with Crippen molar-refractivity contribution in [3.63, 3.8) is 0 Å². The molecule has 0 aromatic heterocycles. The van der Waals surface area contributed by atoms with Gasteiger partial charge in [-0.3, -0.25) is 19.7 Å². The average molecular weight is 278 g/mol. The Morgan fingerprint density at radius 1 is 1.55 bits per heavy atom. The first kappa shape index (κ1) is 14.2. The van der Waals surface area contributed by atoms with Crippen LogP contribution in [0.3, 0.4) is 0 Å². The van der Waals surface area contributed by atoms with Gasteiger partial charge in [-0.1, -0.05) is 13.0 Å². The lowest BCUT2D eigenvalue weighted by Gasteiger charge is -2.24. The van der Waals surface area contributed by atoms with Gasteiger partial charge in [-0.2, -0.15) is 0 Å². The summed E-state index contributed by atoms with van der Waals surface area (Å²) in [5, 5.41) is 2.04. The van der Waals surface area contributed by atoms with Crippen molar-refractivity contribution in [2.75, 3.05) is 0 Å². The number of nitrogens with zero attached hydrogens (tertiary/aromatic N) is 1. The second kappa shape index (κ2) is 5.40. The Morgan fingerprint density at radius 3 is 2.85 bits per heavy atom. The molecule has 1 aliphatic rings. The van der Waals surface area contributed by atoms with Gasteiger partial charge in [-0.25, -0.2) is 4.39 Å². The molecule has 0 aliphatic carbocycles. The molecule has 6 heteroatoms. The van der Waals surface area contributed by atoms with Crippen molar-refractivity contribution in [1.29, 1.82) is 0 Å². The van der Waals surface area contributed by atoms with E-state index in [-0.39, 0.29) is 24.4 Å². The van der Waals surface area contributed by atoms with Gasteiger partial charge in [0.1, 0.15) is 11.9 Å². The van der Waals surface area contributed by atoms with Crippen LogP contribution >= 0.6 is 0 Å². The van der Waals surface area contributed by atoms with Gasteiger partial charge in [0, 0.05) is 11.1 Å². The van der Waals surface area contributed by atoms with Crippen molar-refractivity contribution in [2.45, 2.75) is 32.9 Å². The zero-order valence-corrected chi connectivity index (χ0v) is 11.3. The van der Waals surface area contributed by atoms with E-state index in [1.54, 1.807) is 26.0 Å². The predicted octanol–water partition coefficient (Wildman–Crippen LogP) is 1.14. The Balaban J connectivity index is 2.34. The van der Waals surface area contributed by atoms with Crippen LogP contribution in [0.4, 0.5) is 4.39 Å². The van der Waals surface area contributed by atoms with Crippen LogP contribution in [0, 0.1) is 12.7 Å². The molecule has 1 heterocycles. The molecule has 1 atom stereocenters. The largest absolute Gasteiger partial charge is 0.322 e. The molecule has 0 saturated carbocycles. The number of carbonyl (C=O) groups excluding carboxylic acids is 3. The average Bonchev–Trinajstić information content (AvgIpc) is 2.74. The topological polar surface area (TPSA) is 66.5 Å². The number of imide groups is 1. The smallest absolute Gasteiger partial charge is 0.255 e. The van der Waals surface area contributed by atoms with Crippen LogP contribution in [0.2, 0.25) is 0 Å². The van der Waals surface area contributed by atoms with E-state index in [9.17, 15) is 18.8 Å². The molecule has 1 unspecified atom stereocenters. The number of hydrogen-bond donors (Lipinski definition) is 1. The van der Waals surface area contributed by atoms with Crippen LogP contribution in [0.5, 0.6) is 0 Å². The number of aryl methyl sites for hydroxylation is 1. The third-order valence-corrected chi connectivity index (χ3v) is 3.52. The summed E-state index contributed by atoms with van der Waals surface area (Å²) < 4.78 is 14.0. The normalized spacial score (nSPS) is 14.9. The molecule has 2 rings (SSSR count). The second-order valence-electron chi connectivity index (χ2n) is 4.71. The van der Waals surface area contributed by atoms with E-state index in [1.807, 2.05) is 5.32 Å². The van der Waals surface area contributed by atoms with E-state index < -0.39 is 17.8 Å². The Morgan fingerprint density at radius 2 is 2.25 bits per heavy atom. The van der Waals surface area contributed by atoms with Gasteiger partial charge in [-0.15, -0.1) is 0 Å². The molecule has 0 radical (unpaired) electrons. The summed E-state index contributed by atoms with van der Waals surface area (Å²) in [4.78, 5) is 35.7. The van der Waals surface area contributed by atoms with Gasteiger partial charge in [0.05, 0.1) is 6.54 Å². The van der Waals surface area contributed by atoms with Gasteiger partial charge in [0.25, 0.3) is 5.91 Å². The summed E-state index contributed by atoms with van der Waals surface area (Å²) in [5.74, 6) is -1.35. The quantitative estimate of drug-likeness (QED) is 0.840. The molecule has 0 fully saturated rings. The van der Waals surface area contributed by atoms with Crippen molar-refractivity contribution < 1.29 is 18.8 Å². The maximum atomic E-state index is 14.0. The fraction of sp³-hybridized carbons (Fsp3) is 0.357. The van der Waals surface area contributed by atoms with Gasteiger partial charge >= 0.3 is 0 Å². The summed E-state index contributed by atoms with van der Waals surface area (Å²) in [6, 6.07) is 2.34. The van der Waals surface area contributed by atoms with Crippen molar-refractivity contribution in [3.05, 3.63) is 34.6 Å². The van der Waals surface area contributed by atoms with Crippen LogP contribution in [0.1, 0.15) is 34.8 Å². The lowest BCUT2D eigenvalue weighted by molar-refractivity contribution is -0.129. The van der Waals surface area contributed by atoms with Crippen molar-refractivity contribution in [1.82, 2.24) is 10.2 Å². The molecular weight excluding hydrogens is 263 g/mol. The lowest BCUT2D eigenvalue weighted by atomic mass is 10.1. The number of rotatable bonds is 4. The molecule has 1 N–H and O–H groups in total. The van der Waals surface area contributed by atoms with Crippen molar-refractivity contribution in [3.8, 4) is 0 Å². The number of nitrogens with one attached hydrogen (secondary N) is 1. The van der Waals surface area contributed by atoms with Gasteiger partial charge in [0.15, 0.2) is 0 Å². The minimum atomic E-state index is -0.778. The highest BCUT2D eigenvalue weighted by molar-refractivity contribution is 6.02. The molecule has 106 valence electrons. The van der Waals surface area contributed by atoms with Crippen molar-refractivity contribution in [2.24, 2.45) is 0 Å². The summed E-state index contributed by atoms with van der Waals surface area (Å²) in [7, 11) is 0. The second-order valence-corrected chi connectivity index (χ2v) is 4.71. The Bertz CT molecular complexity index is 586. The van der Waals surface area contributed by atoms with Crippen LogP contribution < -0.4 is 5.32 Å². The molecule has 20 heavy (non-hydrogen) atoms. The zero-order valence-electron chi connectivity index (χ0n) is 11.3. The highest BCUT2D eigenvalue weighted by Gasteiger charge is 2.37. The zero-order chi connectivity index (χ0) is 14.9. The maximum Gasteiger partial charge on any atom is 0.255 e. The monoisotopic (exact) mass is 278 g/mol. The molecule has 0 bridgehead atoms. The number of fused-ring (bicyclic) bond motifs is 1. The summed E-state index contributed by atoms with van der Waals surface area (Å²) in [6.07, 6.45) is 0.628. The molecule has 0 saturated heterocycles. The molecule has 1 aromatic carbocycles. The van der Waals surface area contributed by atoms with Crippen LogP contribution in [-0.2, 0) is 16.1 Å². The Labute approximate surface area is 115 Å². The number of carbonyl (C=O) groups is 3. The fourth-order valence-corrected chi connectivity index (χ4v) is 2.44. The third-order valence-electron chi connectivity index (χ3n) is 3.52. The Kier molecular flexibility index (Phi) is 3.83. The first-order valence-corrected chi connectivity index (χ1v) is 6.34. The van der Waals surface area contributed by atoms with E-state index in [0.29, 0.717) is 17.5 Å². The summed E-state index contributed by atoms with van der Waals surface area (Å²) >= 11 is 0. The molecular formula is C14H15FN2O3. The molecule has 1 aliphatic heterocycles. The van der Waals surface area contributed by atoms with E-state index in [2.05, 4.69) is 0 Å². The van der Waals surface area contributed by atoms with Gasteiger partial charge < -0.3 is 4.90 Å². The molecule has 5 nitrogen and oxygen atoms in total. The van der Waals surface area contributed by atoms with Crippen LogP contribution in [0.25, 0.3) is 0 Å². The van der Waals surface area contributed by atoms with E-state index in [1.165, 1.54) is 4.90 Å². The van der Waals surface area contributed by atoms with Crippen LogP contribution in [0.15, 0.2) is 12.1 Å². The summed E-state index contributed by atoms with van der Waals surface area (Å²) in [6.45, 7) is 3.40. The number of amides is 3. The first-order valence-electron chi connectivity index (χ1n) is 6.34. The summed E-state index contributed by atoms with van der Waals surface area (Å²) in [5.41, 5.74) is 1.06. The van der Waals surface area contributed by atoms with Gasteiger partial charge in [-0.05, 0) is 25.0 Å². The van der Waals surface area contributed by atoms with Crippen LogP contribution in [-0.4, -0.2) is 29.2 Å².